The average Bonchev–Trinajstić information content (AvgIpc) is 1.83. The Labute approximate surface area is 75.4 Å². The summed E-state index contributed by atoms with van der Waals surface area (Å²) in [5, 5.41) is 10.9. The fraction of sp³-hybridized carbons (Fsp3) is 1.00. The van der Waals surface area contributed by atoms with Crippen LogP contribution < -0.4 is 5.32 Å². The molecule has 0 spiro atoms. The van der Waals surface area contributed by atoms with Crippen molar-refractivity contribution in [2.45, 2.75) is 18.3 Å². The Balaban J connectivity index is 5.01. The number of aliphatic hydroxyl groups excluding tert-OH is 1. The lowest BCUT2D eigenvalue weighted by Gasteiger charge is -2.24. The van der Waals surface area contributed by atoms with Gasteiger partial charge in [-0.05, 0) is 14.0 Å². The minimum Gasteiger partial charge on any atom is -0.383 e. The molecular weight excluding hydrogens is 220 g/mol. The smallest absolute Gasteiger partial charge is 0.352 e. The van der Waals surface area contributed by atoms with Crippen LogP contribution in [0, 0.1) is 0 Å². The summed E-state index contributed by atoms with van der Waals surface area (Å²) in [6.45, 7) is 1.00. The lowest BCUT2D eigenvalue weighted by molar-refractivity contribution is 0.243. The molecule has 9 heteroatoms. The molecule has 3 atom stereocenters. The van der Waals surface area contributed by atoms with Gasteiger partial charge in [0.05, 0.1) is 0 Å². The Hall–Kier alpha value is 0.260. The van der Waals surface area contributed by atoms with Crippen molar-refractivity contribution in [1.82, 2.24) is 5.32 Å². The van der Waals surface area contributed by atoms with Crippen LogP contribution in [-0.2, 0) is 9.13 Å². The maximum absolute atomic E-state index is 11.2. The number of rotatable bonds is 4. The van der Waals surface area contributed by atoms with Gasteiger partial charge in [-0.25, -0.2) is 0 Å². The quantitative estimate of drug-likeness (QED) is 0.405. The van der Waals surface area contributed by atoms with Gasteiger partial charge in [0.2, 0.25) is 0 Å². The van der Waals surface area contributed by atoms with Crippen LogP contribution in [0.4, 0.5) is 0 Å². The first-order chi connectivity index (χ1) is 5.64. The average molecular weight is 233 g/mol. The molecule has 0 rings (SSSR count). The minimum absolute atomic E-state index is 1.00. The van der Waals surface area contributed by atoms with Gasteiger partial charge in [0.1, 0.15) is 5.85 Å². The molecule has 5 N–H and O–H groups in total. The Morgan fingerprint density at radius 3 is 1.69 bits per heavy atom. The second-order valence-electron chi connectivity index (χ2n) is 2.56. The molecule has 0 radical (unpaired) electrons. The number of aliphatic hydroxyl groups is 1. The molecular formula is C4H13NO6P2. The van der Waals surface area contributed by atoms with Crippen molar-refractivity contribution in [3.05, 3.63) is 0 Å². The third kappa shape index (κ3) is 3.14. The molecule has 0 saturated carbocycles. The molecule has 13 heavy (non-hydrogen) atoms. The first kappa shape index (κ1) is 13.3. The van der Waals surface area contributed by atoms with E-state index in [-0.39, 0.29) is 0 Å². The second kappa shape index (κ2) is 4.19. The van der Waals surface area contributed by atoms with Gasteiger partial charge in [-0.15, -0.1) is 0 Å². The second-order valence-corrected chi connectivity index (χ2v) is 7.27. The first-order valence-electron chi connectivity index (χ1n) is 3.36. The standard InChI is InChI=1S/C4H13NO6P2/c1-3(6)12(7,8)4(5-2)13(9,10)11/h3-6H,1-2H3,(H,7,8)(H2,9,10,11). The molecule has 0 aliphatic carbocycles. The molecule has 0 aromatic carbocycles. The normalized spacial score (nSPS) is 22.0. The highest BCUT2D eigenvalue weighted by Crippen LogP contribution is 2.62. The van der Waals surface area contributed by atoms with Gasteiger partial charge in [-0.1, -0.05) is 0 Å². The van der Waals surface area contributed by atoms with E-state index < -0.39 is 26.3 Å². The van der Waals surface area contributed by atoms with E-state index in [1.807, 2.05) is 5.32 Å². The maximum atomic E-state index is 11.2. The molecule has 7 nitrogen and oxygen atoms in total. The SMILES string of the molecule is CNC(P(=O)(O)O)P(=O)(O)C(C)O. The van der Waals surface area contributed by atoms with Gasteiger partial charge in [0.15, 0.2) is 5.52 Å². The van der Waals surface area contributed by atoms with Crippen molar-refractivity contribution in [2.75, 3.05) is 7.05 Å². The fourth-order valence-corrected chi connectivity index (χ4v) is 4.19. The fourth-order valence-electron chi connectivity index (χ4n) is 0.773. The van der Waals surface area contributed by atoms with E-state index in [1.165, 1.54) is 0 Å². The van der Waals surface area contributed by atoms with E-state index in [0.29, 0.717) is 0 Å². The number of nitrogens with one attached hydrogen (secondary N) is 1. The molecule has 0 aliphatic rings. The summed E-state index contributed by atoms with van der Waals surface area (Å²) >= 11 is 0. The van der Waals surface area contributed by atoms with Crippen molar-refractivity contribution < 1.29 is 28.9 Å². The van der Waals surface area contributed by atoms with E-state index in [0.717, 1.165) is 14.0 Å². The van der Waals surface area contributed by atoms with Gasteiger partial charge in [0, 0.05) is 0 Å². The van der Waals surface area contributed by atoms with Crippen LogP contribution in [0.2, 0.25) is 0 Å². The summed E-state index contributed by atoms with van der Waals surface area (Å²) in [6.07, 6.45) is 0. The summed E-state index contributed by atoms with van der Waals surface area (Å²) in [4.78, 5) is 26.5. The van der Waals surface area contributed by atoms with Crippen LogP contribution in [0.3, 0.4) is 0 Å². The molecule has 0 heterocycles. The summed E-state index contributed by atoms with van der Waals surface area (Å²) < 4.78 is 21.9. The first-order valence-corrected chi connectivity index (χ1v) is 6.84. The molecule has 0 fully saturated rings. The molecule has 0 aromatic rings. The van der Waals surface area contributed by atoms with Crippen LogP contribution in [0.1, 0.15) is 6.92 Å². The summed E-state index contributed by atoms with van der Waals surface area (Å²) in [5.41, 5.74) is -1.92. The lowest BCUT2D eigenvalue weighted by atomic mass is 10.9. The highest BCUT2D eigenvalue weighted by Gasteiger charge is 2.45. The number of hydrogen-bond donors (Lipinski definition) is 5. The molecule has 80 valence electrons. The molecule has 0 bridgehead atoms. The Morgan fingerprint density at radius 1 is 1.23 bits per heavy atom. The van der Waals surface area contributed by atoms with Gasteiger partial charge >= 0.3 is 7.60 Å². The van der Waals surface area contributed by atoms with Crippen LogP contribution in [-0.4, -0.2) is 38.2 Å². The van der Waals surface area contributed by atoms with Crippen LogP contribution in [0.5, 0.6) is 0 Å². The summed E-state index contributed by atoms with van der Waals surface area (Å²) in [7, 11) is -7.92. The van der Waals surface area contributed by atoms with E-state index in [4.69, 9.17) is 19.8 Å². The van der Waals surface area contributed by atoms with Crippen LogP contribution in [0.25, 0.3) is 0 Å². The third-order valence-corrected chi connectivity index (χ3v) is 6.28. The molecule has 0 amide bonds. The maximum Gasteiger partial charge on any atom is 0.352 e. The predicted molar refractivity (Wildman–Crippen MR) is 46.4 cm³/mol. The molecule has 3 unspecified atom stereocenters. The van der Waals surface area contributed by atoms with Gasteiger partial charge in [0.25, 0.3) is 7.37 Å². The third-order valence-electron chi connectivity index (χ3n) is 1.46. The predicted octanol–water partition coefficient (Wildman–Crippen LogP) is -0.724. The van der Waals surface area contributed by atoms with Crippen LogP contribution >= 0.6 is 15.0 Å². The molecule has 0 saturated heterocycles. The van der Waals surface area contributed by atoms with Crippen molar-refractivity contribution in [3.63, 3.8) is 0 Å². The highest BCUT2D eigenvalue weighted by atomic mass is 31.2. The number of hydrogen-bond acceptors (Lipinski definition) is 4. The molecule has 0 aromatic heterocycles. The zero-order valence-corrected chi connectivity index (χ0v) is 8.94. The zero-order valence-electron chi connectivity index (χ0n) is 7.15. The van der Waals surface area contributed by atoms with E-state index in [1.54, 1.807) is 0 Å². The largest absolute Gasteiger partial charge is 0.383 e. The van der Waals surface area contributed by atoms with Crippen molar-refractivity contribution in [2.24, 2.45) is 0 Å². The van der Waals surface area contributed by atoms with E-state index in [2.05, 4.69) is 0 Å². The minimum atomic E-state index is -4.74. The zero-order chi connectivity index (χ0) is 10.9. The Bertz CT molecular complexity index is 259. The van der Waals surface area contributed by atoms with E-state index in [9.17, 15) is 9.13 Å². The van der Waals surface area contributed by atoms with Crippen molar-refractivity contribution in [3.8, 4) is 0 Å². The van der Waals surface area contributed by atoms with Crippen molar-refractivity contribution in [1.29, 1.82) is 0 Å². The monoisotopic (exact) mass is 233 g/mol. The van der Waals surface area contributed by atoms with Crippen molar-refractivity contribution >= 4 is 15.0 Å². The Kier molecular flexibility index (Phi) is 4.27. The van der Waals surface area contributed by atoms with Gasteiger partial charge in [-0.2, -0.15) is 0 Å². The lowest BCUT2D eigenvalue weighted by Crippen LogP contribution is -2.28. The van der Waals surface area contributed by atoms with Crippen LogP contribution in [0.15, 0.2) is 0 Å². The van der Waals surface area contributed by atoms with E-state index >= 15 is 0 Å². The highest BCUT2D eigenvalue weighted by molar-refractivity contribution is 7.74. The summed E-state index contributed by atoms with van der Waals surface area (Å²) in [5.74, 6) is -1.68. The Morgan fingerprint density at radius 2 is 1.62 bits per heavy atom. The molecule has 0 aliphatic heterocycles. The summed E-state index contributed by atoms with van der Waals surface area (Å²) in [6, 6.07) is 0. The van der Waals surface area contributed by atoms with Gasteiger partial charge in [-0.3, -0.25) is 14.4 Å². The van der Waals surface area contributed by atoms with Gasteiger partial charge < -0.3 is 19.8 Å². The topological polar surface area (TPSA) is 127 Å².